The summed E-state index contributed by atoms with van der Waals surface area (Å²) >= 11 is 17.8. The average Bonchev–Trinajstić information content (AvgIpc) is 2.99. The van der Waals surface area contributed by atoms with Gasteiger partial charge in [-0.3, -0.25) is 0 Å². The highest BCUT2D eigenvalue weighted by Crippen LogP contribution is 2.46. The second kappa shape index (κ2) is 6.17. The Kier molecular flexibility index (Phi) is 4.59. The molecule has 0 amide bonds. The van der Waals surface area contributed by atoms with Gasteiger partial charge in [0.15, 0.2) is 0 Å². The largest absolute Gasteiger partial charge is 0.440 e. The minimum atomic E-state index is -1.67. The van der Waals surface area contributed by atoms with Gasteiger partial charge in [0.2, 0.25) is 10.0 Å². The van der Waals surface area contributed by atoms with E-state index in [2.05, 4.69) is 0 Å². The lowest BCUT2D eigenvalue weighted by atomic mass is 9.98. The number of nitrogens with zero attached hydrogens (tertiary/aromatic N) is 1. The van der Waals surface area contributed by atoms with Crippen LogP contribution in [0, 0.1) is 0 Å². The maximum atomic E-state index is 12.4. The molecule has 22 heavy (non-hydrogen) atoms. The van der Waals surface area contributed by atoms with Crippen LogP contribution in [0.5, 0.6) is 0 Å². The molecule has 2 aliphatic rings. The van der Waals surface area contributed by atoms with E-state index in [0.29, 0.717) is 19.6 Å². The molecule has 2 fully saturated rings. The first-order valence-corrected chi connectivity index (χ1v) is 8.23. The summed E-state index contributed by atoms with van der Waals surface area (Å²) in [5, 5.41) is 0. The zero-order chi connectivity index (χ0) is 15.8. The molecule has 120 valence electrons. The predicted molar refractivity (Wildman–Crippen MR) is 84.9 cm³/mol. The molecule has 2 heterocycles. The Morgan fingerprint density at radius 2 is 2.05 bits per heavy atom. The van der Waals surface area contributed by atoms with E-state index in [1.165, 1.54) is 0 Å². The van der Waals surface area contributed by atoms with Crippen LogP contribution in [0.4, 0.5) is 0 Å². The maximum Gasteiger partial charge on any atom is 0.330 e. The number of esters is 1. The van der Waals surface area contributed by atoms with E-state index in [4.69, 9.17) is 44.3 Å². The molecule has 2 unspecified atom stereocenters. The van der Waals surface area contributed by atoms with Crippen LogP contribution in [0.1, 0.15) is 18.4 Å². The van der Waals surface area contributed by atoms with Crippen molar-refractivity contribution in [2.24, 2.45) is 0 Å². The summed E-state index contributed by atoms with van der Waals surface area (Å²) in [6.45, 7) is 1.32. The van der Waals surface area contributed by atoms with Crippen LogP contribution < -0.4 is 0 Å². The lowest BCUT2D eigenvalue weighted by Gasteiger charge is -2.31. The molecule has 0 N–H and O–H groups in total. The molecule has 2 saturated heterocycles. The Labute approximate surface area is 144 Å². The average molecular weight is 365 g/mol. The van der Waals surface area contributed by atoms with Crippen molar-refractivity contribution in [2.75, 3.05) is 13.2 Å². The van der Waals surface area contributed by atoms with Crippen LogP contribution in [-0.2, 0) is 20.9 Å². The number of benzene rings is 1. The van der Waals surface area contributed by atoms with Gasteiger partial charge in [-0.2, -0.15) is 0 Å². The summed E-state index contributed by atoms with van der Waals surface area (Å²) in [5.41, 5.74) is 0.219. The maximum absolute atomic E-state index is 12.4. The topological polar surface area (TPSA) is 38.8 Å². The second-order valence-corrected chi connectivity index (χ2v) is 7.98. The van der Waals surface area contributed by atoms with E-state index < -0.39 is 15.6 Å². The summed E-state index contributed by atoms with van der Waals surface area (Å²) < 4.78 is 9.41. The van der Waals surface area contributed by atoms with E-state index in [0.717, 1.165) is 12.0 Å². The van der Waals surface area contributed by atoms with Gasteiger partial charge in [0.1, 0.15) is 5.54 Å². The van der Waals surface area contributed by atoms with Gasteiger partial charge in [0.25, 0.3) is 0 Å². The van der Waals surface area contributed by atoms with E-state index in [-0.39, 0.29) is 12.6 Å². The lowest BCUT2D eigenvalue weighted by Crippen LogP contribution is -2.52. The zero-order valence-electron chi connectivity index (χ0n) is 11.8. The summed E-state index contributed by atoms with van der Waals surface area (Å²) in [6, 6.07) is 9.78. The zero-order valence-corrected chi connectivity index (χ0v) is 14.1. The van der Waals surface area contributed by atoms with Crippen LogP contribution in [0.3, 0.4) is 0 Å². The Morgan fingerprint density at radius 1 is 1.32 bits per heavy atom. The smallest absolute Gasteiger partial charge is 0.330 e. The molecule has 2 atom stereocenters. The van der Waals surface area contributed by atoms with Gasteiger partial charge < -0.3 is 9.47 Å². The standard InChI is InChI=1S/C15H16Cl3NO3/c16-15(17,18)12-19-8-4-7-14(19,13(20)22-12)10-21-9-11-5-2-1-3-6-11/h1-3,5-6,12H,4,7-10H2. The van der Waals surface area contributed by atoms with Crippen LogP contribution in [-0.4, -0.2) is 39.6 Å². The first kappa shape index (κ1) is 16.3. The second-order valence-electron chi connectivity index (χ2n) is 5.61. The minimum absolute atomic E-state index is 0.234. The van der Waals surface area contributed by atoms with Crippen molar-refractivity contribution in [1.82, 2.24) is 4.90 Å². The minimum Gasteiger partial charge on any atom is -0.440 e. The van der Waals surface area contributed by atoms with Gasteiger partial charge in [-0.15, -0.1) is 0 Å². The van der Waals surface area contributed by atoms with Crippen molar-refractivity contribution in [3.8, 4) is 0 Å². The first-order chi connectivity index (χ1) is 10.4. The predicted octanol–water partition coefficient (Wildman–Crippen LogP) is 3.29. The first-order valence-electron chi connectivity index (χ1n) is 7.10. The fraction of sp³-hybridized carbons (Fsp3) is 0.533. The van der Waals surface area contributed by atoms with E-state index in [9.17, 15) is 4.79 Å². The van der Waals surface area contributed by atoms with E-state index in [1.54, 1.807) is 0 Å². The van der Waals surface area contributed by atoms with Gasteiger partial charge in [-0.1, -0.05) is 65.1 Å². The van der Waals surface area contributed by atoms with Crippen molar-refractivity contribution < 1.29 is 14.3 Å². The van der Waals surface area contributed by atoms with Crippen LogP contribution in [0.25, 0.3) is 0 Å². The van der Waals surface area contributed by atoms with Crippen LogP contribution in [0.2, 0.25) is 0 Å². The summed E-state index contributed by atoms with van der Waals surface area (Å²) in [4.78, 5) is 14.2. The molecule has 0 aromatic heterocycles. The van der Waals surface area contributed by atoms with Crippen LogP contribution >= 0.6 is 34.8 Å². The van der Waals surface area contributed by atoms with Crippen molar-refractivity contribution >= 4 is 40.8 Å². The Balaban J connectivity index is 1.70. The van der Waals surface area contributed by atoms with E-state index in [1.807, 2.05) is 35.2 Å². The number of carbonyl (C=O) groups excluding carboxylic acids is 1. The number of halogens is 3. The molecule has 0 saturated carbocycles. The normalized spacial score (nSPS) is 28.7. The molecule has 1 aromatic carbocycles. The molecular formula is C15H16Cl3NO3. The quantitative estimate of drug-likeness (QED) is 0.607. The number of carbonyl (C=O) groups is 1. The molecule has 0 spiro atoms. The molecule has 7 heteroatoms. The lowest BCUT2D eigenvalue weighted by molar-refractivity contribution is -0.147. The third kappa shape index (κ3) is 2.95. The molecule has 0 radical (unpaired) electrons. The summed E-state index contributed by atoms with van der Waals surface area (Å²) in [5.74, 6) is -0.366. The van der Waals surface area contributed by atoms with Crippen LogP contribution in [0.15, 0.2) is 30.3 Å². The Morgan fingerprint density at radius 3 is 2.73 bits per heavy atom. The van der Waals surface area contributed by atoms with Crippen molar-refractivity contribution in [2.45, 2.75) is 35.0 Å². The van der Waals surface area contributed by atoms with Gasteiger partial charge in [-0.05, 0) is 18.4 Å². The number of fused-ring (bicyclic) bond motifs is 1. The third-order valence-electron chi connectivity index (χ3n) is 4.15. The fourth-order valence-corrected chi connectivity index (χ4v) is 3.59. The molecule has 0 aliphatic carbocycles. The molecule has 4 nitrogen and oxygen atoms in total. The fourth-order valence-electron chi connectivity index (χ4n) is 3.10. The van der Waals surface area contributed by atoms with Gasteiger partial charge in [0, 0.05) is 6.54 Å². The van der Waals surface area contributed by atoms with Crippen molar-refractivity contribution in [3.63, 3.8) is 0 Å². The van der Waals surface area contributed by atoms with Crippen molar-refractivity contribution in [1.29, 1.82) is 0 Å². The molecule has 3 rings (SSSR count). The molecule has 1 aromatic rings. The van der Waals surface area contributed by atoms with Gasteiger partial charge >= 0.3 is 5.97 Å². The highest BCUT2D eigenvalue weighted by atomic mass is 35.6. The summed E-state index contributed by atoms with van der Waals surface area (Å²) in [6.07, 6.45) is 0.645. The summed E-state index contributed by atoms with van der Waals surface area (Å²) in [7, 11) is 0. The number of alkyl halides is 3. The van der Waals surface area contributed by atoms with E-state index >= 15 is 0 Å². The highest BCUT2D eigenvalue weighted by molar-refractivity contribution is 6.68. The number of hydrogen-bond donors (Lipinski definition) is 0. The SMILES string of the molecule is O=C1OC(C(Cl)(Cl)Cl)N2CCCC12COCc1ccccc1. The number of ether oxygens (including phenoxy) is 2. The molecule has 0 bridgehead atoms. The Bertz CT molecular complexity index is 549. The van der Waals surface area contributed by atoms with Gasteiger partial charge in [-0.25, -0.2) is 9.69 Å². The van der Waals surface area contributed by atoms with Crippen molar-refractivity contribution in [3.05, 3.63) is 35.9 Å². The highest BCUT2D eigenvalue weighted by Gasteiger charge is 2.62. The third-order valence-corrected chi connectivity index (χ3v) is 4.71. The molecular weight excluding hydrogens is 349 g/mol. The number of hydrogen-bond acceptors (Lipinski definition) is 4. The monoisotopic (exact) mass is 363 g/mol. The number of rotatable bonds is 4. The molecule has 2 aliphatic heterocycles. The Hall–Kier alpha value is -0.520. The van der Waals surface area contributed by atoms with Gasteiger partial charge in [0.05, 0.1) is 13.2 Å². The number of cyclic esters (lactones) is 1.